The van der Waals surface area contributed by atoms with E-state index in [4.69, 9.17) is 10.5 Å². The molecule has 0 spiro atoms. The number of fused-ring (bicyclic) bond motifs is 1. The predicted molar refractivity (Wildman–Crippen MR) is 60.1 cm³/mol. The summed E-state index contributed by atoms with van der Waals surface area (Å²) in [6, 6.07) is 6.45. The minimum atomic E-state index is 0. The Morgan fingerprint density at radius 3 is 3.00 bits per heavy atom. The van der Waals surface area contributed by atoms with Crippen LogP contribution in [0.1, 0.15) is 30.5 Å². The zero-order valence-electron chi connectivity index (χ0n) is 8.32. The van der Waals surface area contributed by atoms with Crippen LogP contribution in [0, 0.1) is 0 Å². The van der Waals surface area contributed by atoms with E-state index < -0.39 is 0 Å². The van der Waals surface area contributed by atoms with Gasteiger partial charge >= 0.3 is 0 Å². The van der Waals surface area contributed by atoms with Crippen molar-refractivity contribution in [1.82, 2.24) is 0 Å². The van der Waals surface area contributed by atoms with Crippen LogP contribution in [0.25, 0.3) is 0 Å². The third-order valence-corrected chi connectivity index (χ3v) is 2.58. The maximum absolute atomic E-state index is 5.95. The van der Waals surface area contributed by atoms with Crippen LogP contribution in [0.2, 0.25) is 0 Å². The van der Waals surface area contributed by atoms with Gasteiger partial charge in [0.1, 0.15) is 5.75 Å². The molecule has 1 atom stereocenters. The van der Waals surface area contributed by atoms with Gasteiger partial charge in [-0.15, -0.1) is 12.4 Å². The Morgan fingerprint density at radius 1 is 1.50 bits per heavy atom. The van der Waals surface area contributed by atoms with Gasteiger partial charge in [-0.3, -0.25) is 0 Å². The highest BCUT2D eigenvalue weighted by Crippen LogP contribution is 2.28. The summed E-state index contributed by atoms with van der Waals surface area (Å²) in [4.78, 5) is 0. The standard InChI is InChI=1S/C11H15NO.ClH/c1-2-10(12)8-3-4-11-9(7-8)5-6-13-11;/h3-4,7,10H,2,5-6,12H2,1H3;1H/t10-;/m1./s1. The molecule has 0 amide bonds. The summed E-state index contributed by atoms with van der Waals surface area (Å²) in [6.07, 6.45) is 2.01. The van der Waals surface area contributed by atoms with Crippen LogP contribution in [-0.4, -0.2) is 6.61 Å². The number of nitrogens with two attached hydrogens (primary N) is 1. The molecule has 1 heterocycles. The first-order valence-electron chi connectivity index (χ1n) is 4.82. The molecule has 0 bridgehead atoms. The molecule has 0 saturated carbocycles. The first-order valence-corrected chi connectivity index (χ1v) is 4.82. The summed E-state index contributed by atoms with van der Waals surface area (Å²) in [7, 11) is 0. The van der Waals surface area contributed by atoms with Crippen molar-refractivity contribution in [2.24, 2.45) is 5.73 Å². The van der Waals surface area contributed by atoms with Gasteiger partial charge in [0.15, 0.2) is 0 Å². The smallest absolute Gasteiger partial charge is 0.122 e. The lowest BCUT2D eigenvalue weighted by atomic mass is 10.0. The van der Waals surface area contributed by atoms with E-state index in [1.165, 1.54) is 11.1 Å². The lowest BCUT2D eigenvalue weighted by molar-refractivity contribution is 0.357. The molecule has 78 valence electrons. The lowest BCUT2D eigenvalue weighted by Crippen LogP contribution is -2.08. The molecule has 0 unspecified atom stereocenters. The maximum Gasteiger partial charge on any atom is 0.122 e. The van der Waals surface area contributed by atoms with Crippen LogP contribution in [0.15, 0.2) is 18.2 Å². The van der Waals surface area contributed by atoms with E-state index in [-0.39, 0.29) is 18.4 Å². The molecule has 0 aliphatic carbocycles. The van der Waals surface area contributed by atoms with E-state index in [0.29, 0.717) is 0 Å². The molecule has 0 aromatic heterocycles. The van der Waals surface area contributed by atoms with Crippen molar-refractivity contribution in [2.45, 2.75) is 25.8 Å². The fourth-order valence-corrected chi connectivity index (χ4v) is 1.67. The number of ether oxygens (including phenoxy) is 1. The van der Waals surface area contributed by atoms with E-state index in [2.05, 4.69) is 19.1 Å². The van der Waals surface area contributed by atoms with Gasteiger partial charge in [-0.25, -0.2) is 0 Å². The average Bonchev–Trinajstić information content (AvgIpc) is 2.63. The van der Waals surface area contributed by atoms with Gasteiger partial charge in [0.2, 0.25) is 0 Å². The van der Waals surface area contributed by atoms with Crippen molar-refractivity contribution in [3.63, 3.8) is 0 Å². The van der Waals surface area contributed by atoms with Gasteiger partial charge in [-0.05, 0) is 23.6 Å². The Balaban J connectivity index is 0.000000980. The molecule has 1 aliphatic heterocycles. The summed E-state index contributed by atoms with van der Waals surface area (Å²) >= 11 is 0. The molecule has 3 heteroatoms. The Hall–Kier alpha value is -0.730. The van der Waals surface area contributed by atoms with Gasteiger partial charge in [-0.1, -0.05) is 19.1 Å². The normalized spacial score (nSPS) is 15.3. The van der Waals surface area contributed by atoms with Crippen LogP contribution < -0.4 is 10.5 Å². The fourth-order valence-electron chi connectivity index (χ4n) is 1.67. The quantitative estimate of drug-likeness (QED) is 0.819. The molecule has 2 rings (SSSR count). The van der Waals surface area contributed by atoms with Gasteiger partial charge in [-0.2, -0.15) is 0 Å². The Kier molecular flexibility index (Phi) is 3.78. The van der Waals surface area contributed by atoms with Crippen LogP contribution in [0.4, 0.5) is 0 Å². The van der Waals surface area contributed by atoms with Crippen LogP contribution >= 0.6 is 12.4 Å². The lowest BCUT2D eigenvalue weighted by Gasteiger charge is -2.09. The van der Waals surface area contributed by atoms with Crippen molar-refractivity contribution in [2.75, 3.05) is 6.61 Å². The van der Waals surface area contributed by atoms with Gasteiger partial charge in [0.05, 0.1) is 6.61 Å². The largest absolute Gasteiger partial charge is 0.493 e. The van der Waals surface area contributed by atoms with Gasteiger partial charge < -0.3 is 10.5 Å². The highest BCUT2D eigenvalue weighted by Gasteiger charge is 2.13. The highest BCUT2D eigenvalue weighted by molar-refractivity contribution is 5.85. The van der Waals surface area contributed by atoms with Crippen molar-refractivity contribution in [3.8, 4) is 5.75 Å². The minimum Gasteiger partial charge on any atom is -0.493 e. The van der Waals surface area contributed by atoms with E-state index in [0.717, 1.165) is 25.2 Å². The van der Waals surface area contributed by atoms with Crippen molar-refractivity contribution >= 4 is 12.4 Å². The Labute approximate surface area is 90.9 Å². The summed E-state index contributed by atoms with van der Waals surface area (Å²) < 4.78 is 5.43. The predicted octanol–water partition coefficient (Wildman–Crippen LogP) is 2.45. The molecule has 2 nitrogen and oxygen atoms in total. The third kappa shape index (κ3) is 2.02. The van der Waals surface area contributed by atoms with Crippen molar-refractivity contribution < 1.29 is 4.74 Å². The van der Waals surface area contributed by atoms with Crippen molar-refractivity contribution in [1.29, 1.82) is 0 Å². The van der Waals surface area contributed by atoms with Crippen molar-refractivity contribution in [3.05, 3.63) is 29.3 Å². The fraction of sp³-hybridized carbons (Fsp3) is 0.455. The second kappa shape index (κ2) is 4.67. The maximum atomic E-state index is 5.95. The topological polar surface area (TPSA) is 35.2 Å². The van der Waals surface area contributed by atoms with Gasteiger partial charge in [0.25, 0.3) is 0 Å². The number of benzene rings is 1. The number of hydrogen-bond acceptors (Lipinski definition) is 2. The van der Waals surface area contributed by atoms with Crippen LogP contribution in [0.3, 0.4) is 0 Å². The molecule has 0 radical (unpaired) electrons. The van der Waals surface area contributed by atoms with E-state index in [9.17, 15) is 0 Å². The summed E-state index contributed by atoms with van der Waals surface area (Å²) in [6.45, 7) is 2.93. The number of halogens is 1. The molecule has 0 fully saturated rings. The van der Waals surface area contributed by atoms with E-state index in [1.807, 2.05) is 6.07 Å². The first-order chi connectivity index (χ1) is 6.31. The number of hydrogen-bond donors (Lipinski definition) is 1. The molecule has 1 aromatic carbocycles. The van der Waals surface area contributed by atoms with E-state index >= 15 is 0 Å². The summed E-state index contributed by atoms with van der Waals surface area (Å²) in [5.41, 5.74) is 8.48. The summed E-state index contributed by atoms with van der Waals surface area (Å²) in [5.74, 6) is 1.03. The molecule has 14 heavy (non-hydrogen) atoms. The van der Waals surface area contributed by atoms with E-state index in [1.54, 1.807) is 0 Å². The summed E-state index contributed by atoms with van der Waals surface area (Å²) in [5, 5.41) is 0. The molecular formula is C11H16ClNO. The minimum absolute atomic E-state index is 0. The van der Waals surface area contributed by atoms with Crippen LogP contribution in [-0.2, 0) is 6.42 Å². The zero-order valence-corrected chi connectivity index (χ0v) is 9.14. The molecule has 2 N–H and O–H groups in total. The SMILES string of the molecule is CC[C@@H](N)c1ccc2c(c1)CCO2.Cl. The Bertz CT molecular complexity index is 314. The molecule has 0 saturated heterocycles. The molecule has 1 aromatic rings. The Morgan fingerprint density at radius 2 is 2.29 bits per heavy atom. The second-order valence-electron chi connectivity index (χ2n) is 3.48. The second-order valence-corrected chi connectivity index (χ2v) is 3.48. The average molecular weight is 214 g/mol. The first kappa shape index (κ1) is 11.3. The third-order valence-electron chi connectivity index (χ3n) is 2.58. The zero-order chi connectivity index (χ0) is 9.26. The van der Waals surface area contributed by atoms with Crippen LogP contribution in [0.5, 0.6) is 5.75 Å². The molecular weight excluding hydrogens is 198 g/mol. The monoisotopic (exact) mass is 213 g/mol. The number of rotatable bonds is 2. The van der Waals surface area contributed by atoms with Gasteiger partial charge in [0, 0.05) is 12.5 Å². The highest BCUT2D eigenvalue weighted by atomic mass is 35.5. The molecule has 1 aliphatic rings.